The van der Waals surface area contributed by atoms with E-state index in [9.17, 15) is 4.79 Å². The Kier molecular flexibility index (Phi) is 4.64. The predicted octanol–water partition coefficient (Wildman–Crippen LogP) is 3.89. The van der Waals surface area contributed by atoms with Gasteiger partial charge in [0.1, 0.15) is 13.2 Å². The van der Waals surface area contributed by atoms with E-state index in [1.54, 1.807) is 12.1 Å². The number of hydrogen-bond acceptors (Lipinski definition) is 4. The lowest BCUT2D eigenvalue weighted by atomic mass is 9.96. The van der Waals surface area contributed by atoms with Crippen LogP contribution in [0.1, 0.15) is 18.9 Å². The number of nitrogens with zero attached hydrogens (tertiary/aromatic N) is 1. The zero-order valence-electron chi connectivity index (χ0n) is 14.6. The number of benzene rings is 2. The van der Waals surface area contributed by atoms with Crippen molar-refractivity contribution >= 4 is 28.9 Å². The van der Waals surface area contributed by atoms with Crippen LogP contribution in [0.15, 0.2) is 36.4 Å². The van der Waals surface area contributed by atoms with Crippen molar-refractivity contribution in [1.29, 1.82) is 0 Å². The molecule has 0 bridgehead atoms. The Hall–Kier alpha value is -2.40. The first-order valence-corrected chi connectivity index (χ1v) is 9.23. The van der Waals surface area contributed by atoms with E-state index in [4.69, 9.17) is 21.1 Å². The number of amides is 1. The van der Waals surface area contributed by atoms with Crippen molar-refractivity contribution in [3.63, 3.8) is 0 Å². The number of para-hydroxylation sites is 1. The van der Waals surface area contributed by atoms with Crippen LogP contribution in [0.3, 0.4) is 0 Å². The van der Waals surface area contributed by atoms with Crippen molar-refractivity contribution in [1.82, 2.24) is 0 Å². The normalized spacial score (nSPS) is 18.2. The van der Waals surface area contributed by atoms with Gasteiger partial charge in [-0.05, 0) is 31.4 Å². The monoisotopic (exact) mass is 372 g/mol. The summed E-state index contributed by atoms with van der Waals surface area (Å²) in [6.07, 6.45) is 2.08. The van der Waals surface area contributed by atoms with E-state index in [1.165, 1.54) is 5.56 Å². The third-order valence-corrected chi connectivity index (χ3v) is 5.20. The van der Waals surface area contributed by atoms with Gasteiger partial charge in [0, 0.05) is 23.9 Å². The average Bonchev–Trinajstić information content (AvgIpc) is 2.65. The Morgan fingerprint density at radius 1 is 1.23 bits per heavy atom. The van der Waals surface area contributed by atoms with Gasteiger partial charge in [-0.3, -0.25) is 4.79 Å². The number of ether oxygens (including phenoxy) is 2. The fourth-order valence-electron chi connectivity index (χ4n) is 3.51. The molecule has 0 spiro atoms. The molecule has 2 aliphatic heterocycles. The lowest BCUT2D eigenvalue weighted by molar-refractivity contribution is -0.115. The number of rotatable bonds is 3. The maximum absolute atomic E-state index is 12.7. The van der Waals surface area contributed by atoms with Gasteiger partial charge >= 0.3 is 0 Å². The van der Waals surface area contributed by atoms with Gasteiger partial charge in [-0.25, -0.2) is 0 Å². The molecule has 0 saturated carbocycles. The molecule has 136 valence electrons. The van der Waals surface area contributed by atoms with E-state index in [2.05, 4.69) is 29.3 Å². The van der Waals surface area contributed by atoms with Gasteiger partial charge < -0.3 is 19.7 Å². The fourth-order valence-corrected chi connectivity index (χ4v) is 3.71. The van der Waals surface area contributed by atoms with E-state index < -0.39 is 0 Å². The van der Waals surface area contributed by atoms with Crippen LogP contribution in [-0.2, 0) is 11.2 Å². The van der Waals surface area contributed by atoms with Crippen LogP contribution in [0, 0.1) is 0 Å². The second-order valence-corrected chi connectivity index (χ2v) is 7.08. The fraction of sp³-hybridized carbons (Fsp3) is 0.350. The number of carbonyl (C=O) groups is 1. The first kappa shape index (κ1) is 17.0. The SMILES string of the molecule is CC1CCc2ccccc2N1CC(=O)Nc1cc2c(cc1Cl)OCCO2. The lowest BCUT2D eigenvalue weighted by Gasteiger charge is -2.36. The van der Waals surface area contributed by atoms with E-state index in [1.807, 2.05) is 12.1 Å². The smallest absolute Gasteiger partial charge is 0.243 e. The van der Waals surface area contributed by atoms with Gasteiger partial charge in [0.05, 0.1) is 17.3 Å². The minimum atomic E-state index is -0.105. The van der Waals surface area contributed by atoms with Gasteiger partial charge in [0.15, 0.2) is 11.5 Å². The third kappa shape index (κ3) is 3.31. The molecule has 0 aromatic heterocycles. The first-order valence-electron chi connectivity index (χ1n) is 8.85. The number of fused-ring (bicyclic) bond motifs is 2. The maximum Gasteiger partial charge on any atom is 0.243 e. The van der Waals surface area contributed by atoms with Crippen LogP contribution >= 0.6 is 11.6 Å². The molecule has 2 aromatic carbocycles. The standard InChI is InChI=1S/C20H21ClN2O3/c1-13-6-7-14-4-2-3-5-17(14)23(13)12-20(24)22-16-11-19-18(10-15(16)21)25-8-9-26-19/h2-5,10-11,13H,6-9,12H2,1H3,(H,22,24). The molecule has 2 aromatic rings. The van der Waals surface area contributed by atoms with Crippen molar-refractivity contribution in [2.45, 2.75) is 25.8 Å². The molecular formula is C20H21ClN2O3. The van der Waals surface area contributed by atoms with Crippen LogP contribution in [0.2, 0.25) is 5.02 Å². The van der Waals surface area contributed by atoms with E-state index in [-0.39, 0.29) is 12.5 Å². The minimum Gasteiger partial charge on any atom is -0.486 e. The lowest BCUT2D eigenvalue weighted by Crippen LogP contribution is -2.42. The van der Waals surface area contributed by atoms with Crippen molar-refractivity contribution in [2.24, 2.45) is 0 Å². The molecule has 1 unspecified atom stereocenters. The Morgan fingerprint density at radius 2 is 1.96 bits per heavy atom. The van der Waals surface area contributed by atoms with Crippen LogP contribution in [0.4, 0.5) is 11.4 Å². The van der Waals surface area contributed by atoms with Crippen LogP contribution in [0.25, 0.3) is 0 Å². The predicted molar refractivity (Wildman–Crippen MR) is 103 cm³/mol. The molecule has 5 nitrogen and oxygen atoms in total. The Labute approximate surface area is 157 Å². The van der Waals surface area contributed by atoms with E-state index >= 15 is 0 Å². The van der Waals surface area contributed by atoms with Crippen LogP contribution < -0.4 is 19.7 Å². The van der Waals surface area contributed by atoms with Crippen LogP contribution in [0.5, 0.6) is 11.5 Å². The van der Waals surface area contributed by atoms with Gasteiger partial charge in [-0.15, -0.1) is 0 Å². The molecule has 0 radical (unpaired) electrons. The molecule has 26 heavy (non-hydrogen) atoms. The maximum atomic E-state index is 12.7. The molecule has 6 heteroatoms. The largest absolute Gasteiger partial charge is 0.486 e. The molecule has 0 saturated heterocycles. The highest BCUT2D eigenvalue weighted by atomic mass is 35.5. The number of aryl methyl sites for hydroxylation is 1. The summed E-state index contributed by atoms with van der Waals surface area (Å²) in [4.78, 5) is 14.8. The second-order valence-electron chi connectivity index (χ2n) is 6.67. The highest BCUT2D eigenvalue weighted by Gasteiger charge is 2.25. The van der Waals surface area contributed by atoms with Gasteiger partial charge in [-0.1, -0.05) is 29.8 Å². The Balaban J connectivity index is 1.51. The number of nitrogens with one attached hydrogen (secondary N) is 1. The quantitative estimate of drug-likeness (QED) is 0.888. The van der Waals surface area contributed by atoms with E-state index in [0.29, 0.717) is 41.5 Å². The molecule has 1 atom stereocenters. The number of hydrogen-bond donors (Lipinski definition) is 1. The van der Waals surface area contributed by atoms with Crippen LogP contribution in [-0.4, -0.2) is 31.7 Å². The molecule has 2 aliphatic rings. The molecule has 0 aliphatic carbocycles. The van der Waals surface area contributed by atoms with Gasteiger partial charge in [0.25, 0.3) is 0 Å². The number of halogens is 1. The summed E-state index contributed by atoms with van der Waals surface area (Å²) in [5, 5.41) is 3.35. The van der Waals surface area contributed by atoms with Crippen molar-refractivity contribution < 1.29 is 14.3 Å². The zero-order valence-corrected chi connectivity index (χ0v) is 15.4. The summed E-state index contributed by atoms with van der Waals surface area (Å²) in [5.41, 5.74) is 2.96. The third-order valence-electron chi connectivity index (χ3n) is 4.88. The Bertz CT molecular complexity index is 840. The van der Waals surface area contributed by atoms with Crippen molar-refractivity contribution in [3.8, 4) is 11.5 Å². The summed E-state index contributed by atoms with van der Waals surface area (Å²) >= 11 is 6.29. The molecule has 4 rings (SSSR count). The first-order chi connectivity index (χ1) is 12.6. The average molecular weight is 373 g/mol. The highest BCUT2D eigenvalue weighted by Crippen LogP contribution is 2.38. The van der Waals surface area contributed by atoms with E-state index in [0.717, 1.165) is 18.5 Å². The highest BCUT2D eigenvalue weighted by molar-refractivity contribution is 6.34. The van der Waals surface area contributed by atoms with Gasteiger partial charge in [0.2, 0.25) is 5.91 Å². The second kappa shape index (κ2) is 7.08. The zero-order chi connectivity index (χ0) is 18.1. The number of carbonyl (C=O) groups excluding carboxylic acids is 1. The summed E-state index contributed by atoms with van der Waals surface area (Å²) < 4.78 is 11.1. The topological polar surface area (TPSA) is 50.8 Å². The number of anilines is 2. The molecule has 2 heterocycles. The van der Waals surface area contributed by atoms with Gasteiger partial charge in [-0.2, -0.15) is 0 Å². The molecule has 0 fully saturated rings. The van der Waals surface area contributed by atoms with Crippen molar-refractivity contribution in [3.05, 3.63) is 47.0 Å². The summed E-state index contributed by atoms with van der Waals surface area (Å²) in [5.74, 6) is 1.11. The summed E-state index contributed by atoms with van der Waals surface area (Å²) in [6.45, 7) is 3.43. The summed E-state index contributed by atoms with van der Waals surface area (Å²) in [6, 6.07) is 12.0. The minimum absolute atomic E-state index is 0.105. The Morgan fingerprint density at radius 3 is 2.77 bits per heavy atom. The molecule has 1 amide bonds. The molecular weight excluding hydrogens is 352 g/mol. The van der Waals surface area contributed by atoms with Crippen molar-refractivity contribution in [2.75, 3.05) is 30.0 Å². The summed E-state index contributed by atoms with van der Waals surface area (Å²) in [7, 11) is 0. The molecule has 1 N–H and O–H groups in total.